The largest absolute Gasteiger partial charge is 0.492 e. The maximum Gasteiger partial charge on any atom is 0.340 e. The normalized spacial score (nSPS) is 10.4. The molecule has 2 aromatic rings. The number of hydrogen-bond acceptors (Lipinski definition) is 4. The summed E-state index contributed by atoms with van der Waals surface area (Å²) in [4.78, 5) is 13.3. The summed E-state index contributed by atoms with van der Waals surface area (Å²) in [6.07, 6.45) is 2.65. The zero-order chi connectivity index (χ0) is 13.7. The highest BCUT2D eigenvalue weighted by molar-refractivity contribution is 7.98. The van der Waals surface area contributed by atoms with Crippen LogP contribution in [0.4, 0.5) is 0 Å². The Balaban J connectivity index is 2.09. The van der Waals surface area contributed by atoms with E-state index in [9.17, 15) is 9.90 Å². The Bertz CT molecular complexity index is 550. The van der Waals surface area contributed by atoms with Crippen molar-refractivity contribution >= 4 is 29.1 Å². The molecule has 3 nitrogen and oxygen atoms in total. The van der Waals surface area contributed by atoms with Gasteiger partial charge in [-0.3, -0.25) is 0 Å². The Morgan fingerprint density at radius 3 is 2.84 bits per heavy atom. The van der Waals surface area contributed by atoms with Crippen molar-refractivity contribution in [3.05, 3.63) is 46.2 Å². The number of hydrogen-bond donors (Lipinski definition) is 1. The number of ether oxygens (including phenoxy) is 1. The molecular formula is C14H14O3S2. The Morgan fingerprint density at radius 1 is 1.37 bits per heavy atom. The maximum absolute atomic E-state index is 11.3. The zero-order valence-corrected chi connectivity index (χ0v) is 12.1. The molecule has 0 spiro atoms. The first kappa shape index (κ1) is 14.0. The molecule has 0 bridgehead atoms. The van der Waals surface area contributed by atoms with Crippen molar-refractivity contribution in [1.29, 1.82) is 0 Å². The average molecular weight is 294 g/mol. The summed E-state index contributed by atoms with van der Waals surface area (Å²) >= 11 is 3.09. The van der Waals surface area contributed by atoms with Crippen LogP contribution in [-0.4, -0.2) is 23.9 Å². The van der Waals surface area contributed by atoms with Gasteiger partial charge in [-0.1, -0.05) is 12.1 Å². The Kier molecular flexibility index (Phi) is 4.87. The number of benzene rings is 1. The molecular weight excluding hydrogens is 280 g/mol. The minimum Gasteiger partial charge on any atom is -0.492 e. The van der Waals surface area contributed by atoms with E-state index in [1.165, 1.54) is 16.6 Å². The van der Waals surface area contributed by atoms with Crippen molar-refractivity contribution in [1.82, 2.24) is 0 Å². The number of carboxylic acids is 1. The molecule has 0 saturated carbocycles. The van der Waals surface area contributed by atoms with Gasteiger partial charge in [0.15, 0.2) is 0 Å². The average Bonchev–Trinajstić information content (AvgIpc) is 2.91. The standard InChI is InChI=1S/C14H14O3S2/c1-18-12-6-2-5-11(13(12)14(15)16)17-8-7-10-4-3-9-19-10/h2-6,9H,7-8H2,1H3,(H,15,16). The molecule has 1 aromatic heterocycles. The van der Waals surface area contributed by atoms with Gasteiger partial charge in [0.25, 0.3) is 0 Å². The molecule has 0 atom stereocenters. The molecule has 0 unspecified atom stereocenters. The second kappa shape index (κ2) is 6.63. The fourth-order valence-corrected chi connectivity index (χ4v) is 3.03. The number of thioether (sulfide) groups is 1. The second-order valence-corrected chi connectivity index (χ2v) is 5.70. The zero-order valence-electron chi connectivity index (χ0n) is 10.5. The minimum absolute atomic E-state index is 0.251. The fraction of sp³-hybridized carbons (Fsp3) is 0.214. The number of thiophene rings is 1. The lowest BCUT2D eigenvalue weighted by Crippen LogP contribution is -2.07. The highest BCUT2D eigenvalue weighted by Gasteiger charge is 2.16. The van der Waals surface area contributed by atoms with Gasteiger partial charge in [-0.25, -0.2) is 4.79 Å². The summed E-state index contributed by atoms with van der Waals surface area (Å²) in [5.74, 6) is -0.507. The van der Waals surface area contributed by atoms with Crippen LogP contribution in [0.15, 0.2) is 40.6 Å². The smallest absolute Gasteiger partial charge is 0.340 e. The fourth-order valence-electron chi connectivity index (χ4n) is 1.73. The molecule has 0 aliphatic rings. The molecule has 0 aliphatic carbocycles. The van der Waals surface area contributed by atoms with E-state index in [0.29, 0.717) is 12.4 Å². The van der Waals surface area contributed by atoms with E-state index in [-0.39, 0.29) is 5.56 Å². The molecule has 1 aromatic carbocycles. The SMILES string of the molecule is CSc1cccc(OCCc2cccs2)c1C(=O)O. The molecule has 2 rings (SSSR count). The summed E-state index contributed by atoms with van der Waals surface area (Å²) in [5, 5.41) is 11.3. The molecule has 100 valence electrons. The minimum atomic E-state index is -0.948. The molecule has 0 radical (unpaired) electrons. The molecule has 19 heavy (non-hydrogen) atoms. The quantitative estimate of drug-likeness (QED) is 0.823. The summed E-state index contributed by atoms with van der Waals surface area (Å²) in [7, 11) is 0. The van der Waals surface area contributed by atoms with Crippen LogP contribution in [0.1, 0.15) is 15.2 Å². The van der Waals surface area contributed by atoms with E-state index in [1.54, 1.807) is 23.5 Å². The predicted molar refractivity (Wildman–Crippen MR) is 78.7 cm³/mol. The van der Waals surface area contributed by atoms with Gasteiger partial charge in [-0.05, 0) is 29.8 Å². The van der Waals surface area contributed by atoms with Gasteiger partial charge < -0.3 is 9.84 Å². The molecule has 0 saturated heterocycles. The van der Waals surface area contributed by atoms with Gasteiger partial charge in [-0.15, -0.1) is 23.1 Å². The third-order valence-corrected chi connectivity index (χ3v) is 4.32. The van der Waals surface area contributed by atoms with Crippen LogP contribution in [0.5, 0.6) is 5.75 Å². The van der Waals surface area contributed by atoms with Gasteiger partial charge in [0.05, 0.1) is 6.61 Å². The monoisotopic (exact) mass is 294 g/mol. The lowest BCUT2D eigenvalue weighted by Gasteiger charge is -2.11. The summed E-state index contributed by atoms with van der Waals surface area (Å²) in [5.41, 5.74) is 0.251. The van der Waals surface area contributed by atoms with E-state index in [0.717, 1.165) is 11.3 Å². The lowest BCUT2D eigenvalue weighted by molar-refractivity contribution is 0.0688. The Hall–Kier alpha value is -1.46. The molecule has 0 fully saturated rings. The van der Waals surface area contributed by atoms with Crippen molar-refractivity contribution < 1.29 is 14.6 Å². The van der Waals surface area contributed by atoms with Crippen molar-refractivity contribution in [3.8, 4) is 5.75 Å². The Labute approximate surface area is 120 Å². The third kappa shape index (κ3) is 3.52. The first-order valence-corrected chi connectivity index (χ1v) is 7.88. The summed E-state index contributed by atoms with van der Waals surface area (Å²) in [6, 6.07) is 9.36. The van der Waals surface area contributed by atoms with E-state index < -0.39 is 5.97 Å². The van der Waals surface area contributed by atoms with Crippen molar-refractivity contribution in [2.75, 3.05) is 12.9 Å². The summed E-state index contributed by atoms with van der Waals surface area (Å²) < 4.78 is 5.63. The van der Waals surface area contributed by atoms with E-state index >= 15 is 0 Å². The molecule has 5 heteroatoms. The van der Waals surface area contributed by atoms with Crippen LogP contribution in [0, 0.1) is 0 Å². The molecule has 1 heterocycles. The van der Waals surface area contributed by atoms with Gasteiger partial charge in [0.1, 0.15) is 11.3 Å². The molecule has 0 aliphatic heterocycles. The number of aromatic carboxylic acids is 1. The highest BCUT2D eigenvalue weighted by atomic mass is 32.2. The second-order valence-electron chi connectivity index (χ2n) is 3.82. The number of carbonyl (C=O) groups is 1. The maximum atomic E-state index is 11.3. The first-order valence-electron chi connectivity index (χ1n) is 5.78. The van der Waals surface area contributed by atoms with Gasteiger partial charge in [0, 0.05) is 16.2 Å². The van der Waals surface area contributed by atoms with Crippen LogP contribution in [-0.2, 0) is 6.42 Å². The summed E-state index contributed by atoms with van der Waals surface area (Å²) in [6.45, 7) is 0.485. The van der Waals surface area contributed by atoms with Crippen molar-refractivity contribution in [2.24, 2.45) is 0 Å². The third-order valence-electron chi connectivity index (χ3n) is 2.61. The number of rotatable bonds is 6. The van der Waals surface area contributed by atoms with E-state index in [1.807, 2.05) is 29.8 Å². The highest BCUT2D eigenvalue weighted by Crippen LogP contribution is 2.29. The van der Waals surface area contributed by atoms with Crippen molar-refractivity contribution in [3.63, 3.8) is 0 Å². The van der Waals surface area contributed by atoms with Crippen LogP contribution in [0.2, 0.25) is 0 Å². The Morgan fingerprint density at radius 2 is 2.21 bits per heavy atom. The first-order chi connectivity index (χ1) is 9.22. The van der Waals surface area contributed by atoms with Crippen LogP contribution < -0.4 is 4.74 Å². The molecule has 1 N–H and O–H groups in total. The lowest BCUT2D eigenvalue weighted by atomic mass is 10.2. The van der Waals surface area contributed by atoms with Crippen LogP contribution >= 0.6 is 23.1 Å². The van der Waals surface area contributed by atoms with Gasteiger partial charge in [0.2, 0.25) is 0 Å². The number of carboxylic acid groups (broad SMARTS) is 1. The van der Waals surface area contributed by atoms with Gasteiger partial charge in [-0.2, -0.15) is 0 Å². The van der Waals surface area contributed by atoms with Crippen LogP contribution in [0.3, 0.4) is 0 Å². The van der Waals surface area contributed by atoms with E-state index in [2.05, 4.69) is 0 Å². The van der Waals surface area contributed by atoms with Crippen molar-refractivity contribution in [2.45, 2.75) is 11.3 Å². The molecule has 0 amide bonds. The predicted octanol–water partition coefficient (Wildman–Crippen LogP) is 3.79. The van der Waals surface area contributed by atoms with E-state index in [4.69, 9.17) is 4.74 Å². The van der Waals surface area contributed by atoms with Gasteiger partial charge >= 0.3 is 5.97 Å². The topological polar surface area (TPSA) is 46.5 Å². The van der Waals surface area contributed by atoms with Crippen LogP contribution in [0.25, 0.3) is 0 Å².